The Bertz CT molecular complexity index is 732. The van der Waals surface area contributed by atoms with Crippen molar-refractivity contribution in [1.29, 1.82) is 0 Å². The van der Waals surface area contributed by atoms with Gasteiger partial charge in [-0.2, -0.15) is 0 Å². The summed E-state index contributed by atoms with van der Waals surface area (Å²) in [5, 5.41) is 10.7. The molecule has 1 radical (unpaired) electrons. The normalized spacial score (nSPS) is 14.8. The van der Waals surface area contributed by atoms with Crippen LogP contribution in [0.3, 0.4) is 0 Å². The lowest BCUT2D eigenvalue weighted by Crippen LogP contribution is -2.04. The number of nitrogens with zero attached hydrogens (tertiary/aromatic N) is 2. The monoisotopic (exact) mass is 291 g/mol. The minimum Gasteiger partial charge on any atom is -0.357 e. The Morgan fingerprint density at radius 1 is 1.35 bits per heavy atom. The molecule has 0 amide bonds. The highest BCUT2D eigenvalue weighted by Gasteiger charge is 2.21. The van der Waals surface area contributed by atoms with Crippen LogP contribution in [-0.2, 0) is 9.84 Å². The Kier molecular flexibility index (Phi) is 3.71. The molecular formula is C13H11N2O4S. The molecule has 20 heavy (non-hydrogen) atoms. The lowest BCUT2D eigenvalue weighted by molar-refractivity contribution is -0.385. The average molecular weight is 291 g/mol. The number of nitro benzene ring substituents is 1. The second-order valence-corrected chi connectivity index (χ2v) is 5.98. The number of hydrogen-bond donors (Lipinski definition) is 0. The van der Waals surface area contributed by atoms with Gasteiger partial charge in [-0.05, 0) is 24.3 Å². The zero-order chi connectivity index (χ0) is 14.8. The summed E-state index contributed by atoms with van der Waals surface area (Å²) in [5.74, 6) is 0. The fourth-order valence-electron chi connectivity index (χ4n) is 1.58. The molecular weight excluding hydrogens is 280 g/mol. The van der Waals surface area contributed by atoms with Crippen molar-refractivity contribution in [3.63, 3.8) is 0 Å². The van der Waals surface area contributed by atoms with E-state index in [1.165, 1.54) is 24.3 Å². The molecule has 1 aliphatic heterocycles. The molecule has 0 aromatic heterocycles. The van der Waals surface area contributed by atoms with Gasteiger partial charge < -0.3 is 4.90 Å². The molecule has 0 saturated carbocycles. The predicted octanol–water partition coefficient (Wildman–Crippen LogP) is 2.03. The molecule has 0 fully saturated rings. The summed E-state index contributed by atoms with van der Waals surface area (Å²) < 4.78 is 24.8. The summed E-state index contributed by atoms with van der Waals surface area (Å²) in [5.41, 5.74) is -0.284. The van der Waals surface area contributed by atoms with Crippen molar-refractivity contribution >= 4 is 15.5 Å². The zero-order valence-electron chi connectivity index (χ0n) is 10.6. The van der Waals surface area contributed by atoms with Crippen molar-refractivity contribution in [3.05, 3.63) is 69.9 Å². The molecule has 1 aliphatic rings. The van der Waals surface area contributed by atoms with E-state index in [9.17, 15) is 18.5 Å². The van der Waals surface area contributed by atoms with Gasteiger partial charge in [0.05, 0.1) is 14.7 Å². The smallest absolute Gasteiger partial charge is 0.270 e. The number of nitro groups is 1. The molecule has 6 nitrogen and oxygen atoms in total. The minimum atomic E-state index is -3.83. The topological polar surface area (TPSA) is 80.5 Å². The Hall–Kier alpha value is -2.41. The van der Waals surface area contributed by atoms with Gasteiger partial charge >= 0.3 is 0 Å². The van der Waals surface area contributed by atoms with Gasteiger partial charge in [0.15, 0.2) is 0 Å². The number of rotatable bonds is 3. The molecule has 2 rings (SSSR count). The van der Waals surface area contributed by atoms with Crippen LogP contribution in [0.25, 0.3) is 0 Å². The number of hydrogen-bond acceptors (Lipinski definition) is 5. The van der Waals surface area contributed by atoms with E-state index in [-0.39, 0.29) is 15.5 Å². The molecule has 1 aromatic rings. The minimum absolute atomic E-state index is 0.0508. The van der Waals surface area contributed by atoms with Crippen molar-refractivity contribution in [2.24, 2.45) is 0 Å². The summed E-state index contributed by atoms with van der Waals surface area (Å²) in [6.07, 6.45) is 7.73. The van der Waals surface area contributed by atoms with Crippen LogP contribution in [0.4, 0.5) is 5.69 Å². The summed E-state index contributed by atoms with van der Waals surface area (Å²) in [6.45, 7) is 0. The summed E-state index contributed by atoms with van der Waals surface area (Å²) >= 11 is 0. The first-order valence-electron chi connectivity index (χ1n) is 5.61. The van der Waals surface area contributed by atoms with Gasteiger partial charge in [0.25, 0.3) is 5.69 Å². The third kappa shape index (κ3) is 2.77. The highest BCUT2D eigenvalue weighted by atomic mass is 32.2. The van der Waals surface area contributed by atoms with E-state index in [0.717, 1.165) is 6.07 Å². The largest absolute Gasteiger partial charge is 0.357 e. The molecule has 1 heterocycles. The highest BCUT2D eigenvalue weighted by molar-refractivity contribution is 7.95. The van der Waals surface area contributed by atoms with Crippen LogP contribution in [-0.4, -0.2) is 25.3 Å². The van der Waals surface area contributed by atoms with Crippen LogP contribution in [0.15, 0.2) is 58.6 Å². The van der Waals surface area contributed by atoms with Crippen molar-refractivity contribution < 1.29 is 13.3 Å². The number of allylic oxidation sites excluding steroid dienone is 3. The van der Waals surface area contributed by atoms with Crippen LogP contribution >= 0.6 is 0 Å². The van der Waals surface area contributed by atoms with E-state index in [2.05, 4.69) is 6.07 Å². The van der Waals surface area contributed by atoms with Crippen LogP contribution < -0.4 is 0 Å². The van der Waals surface area contributed by atoms with E-state index in [0.29, 0.717) is 0 Å². The van der Waals surface area contributed by atoms with Gasteiger partial charge in [0, 0.05) is 37.6 Å². The van der Waals surface area contributed by atoms with Gasteiger partial charge in [-0.15, -0.1) is 0 Å². The van der Waals surface area contributed by atoms with Crippen LogP contribution in [0.2, 0.25) is 0 Å². The number of sulfone groups is 1. The van der Waals surface area contributed by atoms with Crippen molar-refractivity contribution in [2.45, 2.75) is 4.90 Å². The molecule has 7 heteroatoms. The molecule has 0 spiro atoms. The summed E-state index contributed by atoms with van der Waals surface area (Å²) in [4.78, 5) is 11.6. The van der Waals surface area contributed by atoms with E-state index >= 15 is 0 Å². The van der Waals surface area contributed by atoms with E-state index in [4.69, 9.17) is 0 Å². The van der Waals surface area contributed by atoms with E-state index < -0.39 is 14.8 Å². The van der Waals surface area contributed by atoms with Gasteiger partial charge in [-0.25, -0.2) is 8.42 Å². The number of benzene rings is 1. The Balaban J connectivity index is 2.48. The zero-order valence-corrected chi connectivity index (χ0v) is 11.4. The van der Waals surface area contributed by atoms with Gasteiger partial charge in [0.1, 0.15) is 0 Å². The van der Waals surface area contributed by atoms with Crippen LogP contribution in [0.5, 0.6) is 0 Å². The standard InChI is InChI=1S/C13H11N2O4S/c1-14-8-3-6-12(7-9-14)20(18,19)13-5-2-4-11(10-13)15(16)17/h2-4,6-10H,1H3. The Labute approximate surface area is 116 Å². The van der Waals surface area contributed by atoms with Gasteiger partial charge in [-0.3, -0.25) is 10.1 Å². The van der Waals surface area contributed by atoms with Crippen molar-refractivity contribution in [3.8, 4) is 0 Å². The second kappa shape index (κ2) is 5.30. The van der Waals surface area contributed by atoms with E-state index in [1.54, 1.807) is 30.4 Å². The van der Waals surface area contributed by atoms with Crippen LogP contribution in [0, 0.1) is 16.2 Å². The lowest BCUT2D eigenvalue weighted by atomic mass is 10.3. The summed E-state index contributed by atoms with van der Waals surface area (Å²) in [7, 11) is -2.07. The molecule has 0 aliphatic carbocycles. The first-order valence-corrected chi connectivity index (χ1v) is 7.09. The summed E-state index contributed by atoms with van der Waals surface area (Å²) in [6, 6.07) is 5.96. The van der Waals surface area contributed by atoms with Gasteiger partial charge in [-0.1, -0.05) is 0 Å². The molecule has 0 N–H and O–H groups in total. The molecule has 0 saturated heterocycles. The van der Waals surface area contributed by atoms with Crippen LogP contribution in [0.1, 0.15) is 0 Å². The maximum absolute atomic E-state index is 12.4. The Morgan fingerprint density at radius 2 is 2.10 bits per heavy atom. The van der Waals surface area contributed by atoms with Crippen molar-refractivity contribution in [1.82, 2.24) is 4.90 Å². The molecule has 1 aromatic carbocycles. The maximum atomic E-state index is 12.4. The second-order valence-electron chi connectivity index (χ2n) is 4.06. The number of non-ortho nitro benzene ring substituents is 1. The van der Waals surface area contributed by atoms with Gasteiger partial charge in [0.2, 0.25) is 9.84 Å². The molecule has 0 atom stereocenters. The first kappa shape index (κ1) is 14.0. The molecule has 0 unspecified atom stereocenters. The predicted molar refractivity (Wildman–Crippen MR) is 73.2 cm³/mol. The average Bonchev–Trinajstić information content (AvgIpc) is 2.64. The van der Waals surface area contributed by atoms with E-state index in [1.807, 2.05) is 0 Å². The molecule has 0 bridgehead atoms. The van der Waals surface area contributed by atoms with Crippen molar-refractivity contribution in [2.75, 3.05) is 7.05 Å². The lowest BCUT2D eigenvalue weighted by Gasteiger charge is -2.05. The third-order valence-electron chi connectivity index (χ3n) is 2.62. The maximum Gasteiger partial charge on any atom is 0.270 e. The Morgan fingerprint density at radius 3 is 2.80 bits per heavy atom. The first-order chi connectivity index (χ1) is 9.41. The fourth-order valence-corrected chi connectivity index (χ4v) is 2.83. The SMILES string of the molecule is CN1C=CC=C(S(=O)(=O)c2[c]ccc([N+](=O)[O-])c2)C=C1. The fraction of sp³-hybridized carbons (Fsp3) is 0.0769. The molecule has 103 valence electrons. The quantitative estimate of drug-likeness (QED) is 0.628. The third-order valence-corrected chi connectivity index (χ3v) is 4.33. The highest BCUT2D eigenvalue weighted by Crippen LogP contribution is 2.24.